The fraction of sp³-hybridized carbons (Fsp3) is 0.254. The van der Waals surface area contributed by atoms with Crippen LogP contribution in [-0.2, 0) is 41.7 Å². The van der Waals surface area contributed by atoms with Gasteiger partial charge < -0.3 is 0 Å². The zero-order valence-electron chi connectivity index (χ0n) is 74.7. The first kappa shape index (κ1) is 86.3. The maximum Gasteiger partial charge on any atom is 0.212 e. The van der Waals surface area contributed by atoms with Crippen molar-refractivity contribution in [2.24, 2.45) is 41.2 Å². The smallest absolute Gasteiger partial charge is 0.201 e. The Hall–Kier alpha value is -12.1. The molecule has 0 amide bonds. The highest BCUT2D eigenvalue weighted by molar-refractivity contribution is 5.80. The summed E-state index contributed by atoms with van der Waals surface area (Å²) in [4.78, 5) is 0. The molecule has 10 aromatic carbocycles. The van der Waals surface area contributed by atoms with Crippen molar-refractivity contribution in [1.29, 1.82) is 0 Å². The van der Waals surface area contributed by atoms with E-state index in [-0.39, 0.29) is 0 Å². The fourth-order valence-electron chi connectivity index (χ4n) is 17.3. The molecule has 0 spiro atoms. The van der Waals surface area contributed by atoms with Crippen LogP contribution in [-0.4, -0.2) is 0 Å². The summed E-state index contributed by atoms with van der Waals surface area (Å²) in [5.74, 6) is 1.93. The van der Waals surface area contributed by atoms with Gasteiger partial charge in [-0.15, -0.1) is 0 Å². The van der Waals surface area contributed by atoms with E-state index in [1.165, 1.54) is 216 Å². The lowest BCUT2D eigenvalue weighted by atomic mass is 9.82. The molecule has 602 valence electrons. The van der Waals surface area contributed by atoms with Crippen molar-refractivity contribution in [3.05, 3.63) is 388 Å². The van der Waals surface area contributed by atoms with Crippen LogP contribution < -0.4 is 22.8 Å². The predicted octanol–water partition coefficient (Wildman–Crippen LogP) is 27.0. The third kappa shape index (κ3) is 21.5. The summed E-state index contributed by atoms with van der Waals surface area (Å²) >= 11 is 0. The number of benzene rings is 10. The third-order valence-corrected chi connectivity index (χ3v) is 24.0. The first-order valence-corrected chi connectivity index (χ1v) is 43.0. The Bertz CT molecular complexity index is 5970. The van der Waals surface area contributed by atoms with Crippen LogP contribution in [0, 0.1) is 82.1 Å². The number of pyridine rings is 5. The molecule has 5 nitrogen and oxygen atoms in total. The van der Waals surface area contributed by atoms with E-state index in [4.69, 9.17) is 0 Å². The van der Waals surface area contributed by atoms with E-state index < -0.39 is 0 Å². The lowest BCUT2D eigenvalue weighted by Gasteiger charge is -2.23. The molecule has 0 aliphatic heterocycles. The molecule has 1 saturated carbocycles. The number of aromatic nitrogens is 5. The van der Waals surface area contributed by atoms with Crippen LogP contribution in [0.2, 0.25) is 0 Å². The lowest BCUT2D eigenvalue weighted by Crippen LogP contribution is -2.32. The molecule has 5 aromatic heterocycles. The molecule has 0 bridgehead atoms. The molecule has 5 heteroatoms. The molecule has 119 heavy (non-hydrogen) atoms. The molecule has 16 rings (SSSR count). The van der Waals surface area contributed by atoms with Crippen LogP contribution >= 0.6 is 0 Å². The van der Waals surface area contributed by atoms with Crippen LogP contribution in [0.1, 0.15) is 150 Å². The summed E-state index contributed by atoms with van der Waals surface area (Å²) < 4.78 is 11.1. The van der Waals surface area contributed by atoms with Crippen LogP contribution in [0.15, 0.2) is 310 Å². The van der Waals surface area contributed by atoms with Crippen molar-refractivity contribution in [3.8, 4) is 112 Å². The second kappa shape index (κ2) is 39.9. The van der Waals surface area contributed by atoms with Gasteiger partial charge in [0.25, 0.3) is 0 Å². The Morgan fingerprint density at radius 1 is 0.261 bits per heavy atom. The number of nitrogens with zero attached hydrogens (tertiary/aromatic N) is 5. The average molecular weight is 1570 g/mol. The minimum atomic E-state index is 0.532. The molecule has 0 unspecified atom stereocenters. The van der Waals surface area contributed by atoms with Crippen molar-refractivity contribution < 1.29 is 22.8 Å². The van der Waals surface area contributed by atoms with E-state index in [0.717, 1.165) is 12.3 Å². The average Bonchev–Trinajstić information content (AvgIpc) is 0.801. The molecule has 0 atom stereocenters. The quantitative estimate of drug-likeness (QED) is 0.0967. The topological polar surface area (TPSA) is 19.4 Å². The summed E-state index contributed by atoms with van der Waals surface area (Å²) in [5, 5.41) is 0. The van der Waals surface area contributed by atoms with Gasteiger partial charge in [0.05, 0.1) is 0 Å². The van der Waals surface area contributed by atoms with Gasteiger partial charge in [0.1, 0.15) is 35.2 Å². The van der Waals surface area contributed by atoms with Gasteiger partial charge in [0.2, 0.25) is 28.5 Å². The van der Waals surface area contributed by atoms with Gasteiger partial charge in [0.15, 0.2) is 31.0 Å². The first-order chi connectivity index (χ1) is 57.3. The summed E-state index contributed by atoms with van der Waals surface area (Å²) in [6.45, 7) is 33.3. The predicted molar refractivity (Wildman–Crippen MR) is 503 cm³/mol. The normalized spacial score (nSPS) is 11.8. The van der Waals surface area contributed by atoms with Gasteiger partial charge in [0, 0.05) is 88.0 Å². The van der Waals surface area contributed by atoms with E-state index in [9.17, 15) is 0 Å². The molecule has 1 aliphatic rings. The van der Waals surface area contributed by atoms with Gasteiger partial charge in [-0.3, -0.25) is 0 Å². The zero-order valence-corrected chi connectivity index (χ0v) is 74.7. The first-order valence-electron chi connectivity index (χ1n) is 43.0. The lowest BCUT2D eigenvalue weighted by molar-refractivity contribution is -0.660. The Kier molecular flexibility index (Phi) is 29.0. The van der Waals surface area contributed by atoms with Crippen molar-refractivity contribution in [2.45, 2.75) is 154 Å². The monoisotopic (exact) mass is 1560 g/mol. The second-order valence-electron chi connectivity index (χ2n) is 34.2. The molecular formula is C114H126N5+5. The van der Waals surface area contributed by atoms with E-state index in [0.29, 0.717) is 11.8 Å². The minimum Gasteiger partial charge on any atom is -0.201 e. The van der Waals surface area contributed by atoms with Crippen molar-refractivity contribution in [1.82, 2.24) is 0 Å². The molecule has 15 aromatic rings. The van der Waals surface area contributed by atoms with E-state index in [1.807, 2.05) is 0 Å². The highest BCUT2D eigenvalue weighted by Gasteiger charge is 2.26. The number of rotatable bonds is 14. The summed E-state index contributed by atoms with van der Waals surface area (Å²) in [6, 6.07) is 101. The van der Waals surface area contributed by atoms with Crippen LogP contribution in [0.3, 0.4) is 0 Å². The maximum atomic E-state index is 2.47. The molecule has 0 N–H and O–H groups in total. The Labute approximate surface area is 713 Å². The van der Waals surface area contributed by atoms with Crippen molar-refractivity contribution >= 4 is 0 Å². The summed E-state index contributed by atoms with van der Waals surface area (Å²) in [6.07, 6.45) is 18.9. The third-order valence-electron chi connectivity index (χ3n) is 24.0. The molecule has 0 saturated heterocycles. The highest BCUT2D eigenvalue weighted by atomic mass is 14.9. The van der Waals surface area contributed by atoms with Crippen molar-refractivity contribution in [2.75, 3.05) is 0 Å². The standard InChI is InChI=1S/C26H30N.C24H28N.C23H26N.C21H22N.C20H20N/c1-19-14-15-23(21-10-6-4-7-11-21)16-25(19)26-17-24(20(2)18-27(26)3)22-12-8-5-9-13-22;1-17(2)13-20-11-12-25(5)24(15-20)23-16-22(18(3)14-19(23)4)21-9-7-6-8-10-21;1-16(2)20-11-12-24(5)23(14-20)22-15-21(17(3)13-18(22)4)19-9-7-6-8-10-19;1-15-10-11-22(4)21(12-15)20-14-19(16(2)13-17(20)3)18-8-6-5-7-9-18;1-15-13-16(2)19(20-11-7-8-12-21(20)3)14-18(15)17-9-5-4-6-10-17/h4,6-7,10-11,14-18,22H,5,8-9,12-13H2,1-3H3;6-12,14-17H,13H2,1-5H3;6-16H,1-5H3;5-14H,1-4H3;4-14H,1-3H3/q5*+1. The summed E-state index contributed by atoms with van der Waals surface area (Å²) in [7, 11) is 10.6. The Morgan fingerprint density at radius 3 is 1.05 bits per heavy atom. The minimum absolute atomic E-state index is 0.532. The van der Waals surface area contributed by atoms with Crippen LogP contribution in [0.25, 0.3) is 112 Å². The Morgan fingerprint density at radius 2 is 0.622 bits per heavy atom. The SMILES string of the molecule is Cc1cc(C)c(-c2cc(C(C)C)cc[n+]2C)cc1-c1ccccc1.Cc1cc(C)c(-c2cc(CC(C)C)cc[n+]2C)cc1-c1ccccc1.Cc1cc(C)c(-c2cccc[n+]2C)cc1-c1ccccc1.Cc1cc[n+](C)c(-c2cc(-c3ccccc3)c(C)cc2C)c1.Cc1ccc(-c2ccccc2)cc1-c1cc(C2CCCCC2)c(C)c[n+]1C. The van der Waals surface area contributed by atoms with Gasteiger partial charge in [-0.2, -0.15) is 0 Å². The molecule has 5 heterocycles. The van der Waals surface area contributed by atoms with E-state index >= 15 is 0 Å². The van der Waals surface area contributed by atoms with Gasteiger partial charge in [-0.25, -0.2) is 22.8 Å². The summed E-state index contributed by atoms with van der Waals surface area (Å²) in [5.41, 5.74) is 44.9. The van der Waals surface area contributed by atoms with E-state index in [1.54, 1.807) is 5.56 Å². The molecule has 0 radical (unpaired) electrons. The number of hydrogen-bond acceptors (Lipinski definition) is 0. The van der Waals surface area contributed by atoms with Gasteiger partial charge in [-0.05, 0) is 278 Å². The van der Waals surface area contributed by atoms with Crippen molar-refractivity contribution in [3.63, 3.8) is 0 Å². The maximum absolute atomic E-state index is 2.47. The van der Waals surface area contributed by atoms with Crippen LogP contribution in [0.5, 0.6) is 0 Å². The Balaban J connectivity index is 0.000000137. The van der Waals surface area contributed by atoms with Gasteiger partial charge in [-0.1, -0.05) is 235 Å². The molecular weight excluding hydrogens is 1440 g/mol. The highest BCUT2D eigenvalue weighted by Crippen LogP contribution is 2.40. The number of hydrogen-bond donors (Lipinski definition) is 0. The van der Waals surface area contributed by atoms with Gasteiger partial charge >= 0.3 is 0 Å². The largest absolute Gasteiger partial charge is 0.212 e. The van der Waals surface area contributed by atoms with E-state index in [2.05, 4.69) is 472 Å². The number of aryl methyl sites for hydroxylation is 16. The molecule has 1 fully saturated rings. The zero-order chi connectivity index (χ0) is 84.6. The molecule has 1 aliphatic carbocycles. The second-order valence-corrected chi connectivity index (χ2v) is 34.2. The van der Waals surface area contributed by atoms with Crippen LogP contribution in [0.4, 0.5) is 0 Å². The fourth-order valence-corrected chi connectivity index (χ4v) is 17.3.